The van der Waals surface area contributed by atoms with Crippen LogP contribution in [0.2, 0.25) is 0 Å². The van der Waals surface area contributed by atoms with E-state index < -0.39 is 0 Å². The van der Waals surface area contributed by atoms with Crippen molar-refractivity contribution in [2.24, 2.45) is 0 Å². The Balaban J connectivity index is 2.71. The van der Waals surface area contributed by atoms with Gasteiger partial charge < -0.3 is 14.3 Å². The van der Waals surface area contributed by atoms with E-state index in [2.05, 4.69) is 0 Å². The fourth-order valence-corrected chi connectivity index (χ4v) is 1.53. The average Bonchev–Trinajstić information content (AvgIpc) is 2.30. The minimum atomic E-state index is 0.607. The Morgan fingerprint density at radius 2 is 2.12 bits per heavy atom. The molecule has 3 nitrogen and oxygen atoms in total. The summed E-state index contributed by atoms with van der Waals surface area (Å²) < 4.78 is 10.7. The van der Waals surface area contributed by atoms with Gasteiger partial charge in [-0.3, -0.25) is 0 Å². The molecule has 0 heterocycles. The zero-order valence-electron chi connectivity index (χ0n) is 9.86. The lowest BCUT2D eigenvalue weighted by atomic mass is 10.1. The summed E-state index contributed by atoms with van der Waals surface area (Å²) in [6.07, 6.45) is 3.33. The lowest BCUT2D eigenvalue weighted by molar-refractivity contribution is -0.107. The van der Waals surface area contributed by atoms with Gasteiger partial charge in [0.25, 0.3) is 0 Å². The van der Waals surface area contributed by atoms with Gasteiger partial charge in [0.2, 0.25) is 0 Å². The number of aldehydes is 1. The number of aryl methyl sites for hydroxylation is 1. The van der Waals surface area contributed by atoms with Gasteiger partial charge in [0.1, 0.15) is 6.29 Å². The molecule has 88 valence electrons. The van der Waals surface area contributed by atoms with Crippen LogP contribution in [0.15, 0.2) is 18.2 Å². The van der Waals surface area contributed by atoms with Gasteiger partial charge >= 0.3 is 0 Å². The summed E-state index contributed by atoms with van der Waals surface area (Å²) in [5.41, 5.74) is 1.17. The van der Waals surface area contributed by atoms with Gasteiger partial charge in [-0.25, -0.2) is 0 Å². The molecular weight excluding hydrogens is 204 g/mol. The van der Waals surface area contributed by atoms with Crippen molar-refractivity contribution in [2.75, 3.05) is 13.7 Å². The first kappa shape index (κ1) is 12.6. The van der Waals surface area contributed by atoms with Crippen LogP contribution in [0.25, 0.3) is 0 Å². The topological polar surface area (TPSA) is 35.5 Å². The first-order valence-corrected chi connectivity index (χ1v) is 5.55. The average molecular weight is 222 g/mol. The van der Waals surface area contributed by atoms with Gasteiger partial charge in [-0.05, 0) is 37.5 Å². The minimum absolute atomic E-state index is 0.607. The van der Waals surface area contributed by atoms with Crippen LogP contribution in [-0.2, 0) is 11.2 Å². The molecule has 1 rings (SSSR count). The zero-order valence-corrected chi connectivity index (χ0v) is 9.86. The lowest BCUT2D eigenvalue weighted by Gasteiger charge is -2.10. The first-order valence-electron chi connectivity index (χ1n) is 5.55. The summed E-state index contributed by atoms with van der Waals surface area (Å²) in [6, 6.07) is 5.89. The molecular formula is C13H18O3. The Bertz CT molecular complexity index is 334. The predicted molar refractivity (Wildman–Crippen MR) is 63.2 cm³/mol. The van der Waals surface area contributed by atoms with Crippen LogP contribution in [0.1, 0.15) is 25.3 Å². The van der Waals surface area contributed by atoms with Gasteiger partial charge in [0, 0.05) is 6.42 Å². The second-order valence-electron chi connectivity index (χ2n) is 3.48. The van der Waals surface area contributed by atoms with Gasteiger partial charge in [0.05, 0.1) is 13.7 Å². The Morgan fingerprint density at radius 1 is 1.31 bits per heavy atom. The number of rotatable bonds is 7. The molecule has 0 atom stereocenters. The Kier molecular flexibility index (Phi) is 5.40. The normalized spacial score (nSPS) is 9.88. The number of ether oxygens (including phenoxy) is 2. The number of methoxy groups -OCH3 is 1. The van der Waals surface area contributed by atoms with Gasteiger partial charge in [-0.2, -0.15) is 0 Å². The van der Waals surface area contributed by atoms with E-state index in [-0.39, 0.29) is 0 Å². The van der Waals surface area contributed by atoms with Crippen molar-refractivity contribution in [3.8, 4) is 11.5 Å². The van der Waals surface area contributed by atoms with Crippen LogP contribution in [0.4, 0.5) is 0 Å². The van der Waals surface area contributed by atoms with E-state index in [4.69, 9.17) is 9.47 Å². The molecule has 0 saturated carbocycles. The van der Waals surface area contributed by atoms with E-state index in [1.807, 2.05) is 25.1 Å². The first-order chi connectivity index (χ1) is 7.81. The third-order valence-electron chi connectivity index (χ3n) is 2.32. The highest BCUT2D eigenvalue weighted by Crippen LogP contribution is 2.28. The second kappa shape index (κ2) is 6.88. The molecule has 0 fully saturated rings. The van der Waals surface area contributed by atoms with Crippen LogP contribution in [0, 0.1) is 0 Å². The molecule has 0 aliphatic carbocycles. The van der Waals surface area contributed by atoms with Crippen molar-refractivity contribution in [1.82, 2.24) is 0 Å². The highest BCUT2D eigenvalue weighted by atomic mass is 16.5. The highest BCUT2D eigenvalue weighted by molar-refractivity contribution is 5.49. The molecule has 0 spiro atoms. The number of benzene rings is 1. The van der Waals surface area contributed by atoms with Crippen LogP contribution < -0.4 is 9.47 Å². The largest absolute Gasteiger partial charge is 0.493 e. The molecule has 0 saturated heterocycles. The van der Waals surface area contributed by atoms with Crippen molar-refractivity contribution in [3.63, 3.8) is 0 Å². The van der Waals surface area contributed by atoms with Gasteiger partial charge in [-0.1, -0.05) is 6.07 Å². The fourth-order valence-electron chi connectivity index (χ4n) is 1.53. The van der Waals surface area contributed by atoms with Crippen molar-refractivity contribution >= 4 is 6.29 Å². The summed E-state index contributed by atoms with van der Waals surface area (Å²) in [7, 11) is 1.63. The SMILES string of the molecule is CCOc1cc(CCCC=O)ccc1OC. The quantitative estimate of drug-likeness (QED) is 0.525. The maximum absolute atomic E-state index is 10.2. The molecule has 1 aromatic carbocycles. The Morgan fingerprint density at radius 3 is 2.75 bits per heavy atom. The van der Waals surface area contributed by atoms with E-state index in [1.165, 1.54) is 5.56 Å². The van der Waals surface area contributed by atoms with Gasteiger partial charge in [0.15, 0.2) is 11.5 Å². The predicted octanol–water partition coefficient (Wildman–Crippen LogP) is 2.62. The van der Waals surface area contributed by atoms with Crippen LogP contribution >= 0.6 is 0 Å². The van der Waals surface area contributed by atoms with Crippen molar-refractivity contribution in [3.05, 3.63) is 23.8 Å². The van der Waals surface area contributed by atoms with Crippen LogP contribution in [-0.4, -0.2) is 20.0 Å². The molecule has 1 aromatic rings. The second-order valence-corrected chi connectivity index (χ2v) is 3.48. The van der Waals surface area contributed by atoms with E-state index in [0.717, 1.165) is 30.6 Å². The molecule has 0 bridgehead atoms. The van der Waals surface area contributed by atoms with Crippen LogP contribution in [0.5, 0.6) is 11.5 Å². The molecule has 0 aliphatic rings. The van der Waals surface area contributed by atoms with Crippen molar-refractivity contribution in [1.29, 1.82) is 0 Å². The van der Waals surface area contributed by atoms with E-state index in [0.29, 0.717) is 13.0 Å². The third-order valence-corrected chi connectivity index (χ3v) is 2.32. The van der Waals surface area contributed by atoms with Gasteiger partial charge in [-0.15, -0.1) is 0 Å². The van der Waals surface area contributed by atoms with E-state index >= 15 is 0 Å². The number of hydrogen-bond donors (Lipinski definition) is 0. The van der Waals surface area contributed by atoms with Crippen LogP contribution in [0.3, 0.4) is 0 Å². The molecule has 0 aliphatic heterocycles. The number of unbranched alkanes of at least 4 members (excludes halogenated alkanes) is 1. The Labute approximate surface area is 96.4 Å². The number of carbonyl (C=O) groups is 1. The summed E-state index contributed by atoms with van der Waals surface area (Å²) in [5.74, 6) is 1.52. The molecule has 0 aromatic heterocycles. The number of carbonyl (C=O) groups excluding carboxylic acids is 1. The third kappa shape index (κ3) is 3.57. The maximum atomic E-state index is 10.2. The fraction of sp³-hybridized carbons (Fsp3) is 0.462. The molecule has 0 unspecified atom stereocenters. The zero-order chi connectivity index (χ0) is 11.8. The summed E-state index contributed by atoms with van der Waals surface area (Å²) >= 11 is 0. The monoisotopic (exact) mass is 222 g/mol. The summed E-state index contributed by atoms with van der Waals surface area (Å²) in [6.45, 7) is 2.56. The summed E-state index contributed by atoms with van der Waals surface area (Å²) in [4.78, 5) is 10.2. The van der Waals surface area contributed by atoms with E-state index in [9.17, 15) is 4.79 Å². The molecule has 0 N–H and O–H groups in total. The molecule has 3 heteroatoms. The Hall–Kier alpha value is -1.51. The standard InChI is InChI=1S/C13H18O3/c1-3-16-13-10-11(6-4-5-9-14)7-8-12(13)15-2/h7-10H,3-6H2,1-2H3. The van der Waals surface area contributed by atoms with Crippen molar-refractivity contribution < 1.29 is 14.3 Å². The number of hydrogen-bond acceptors (Lipinski definition) is 3. The maximum Gasteiger partial charge on any atom is 0.161 e. The molecule has 16 heavy (non-hydrogen) atoms. The van der Waals surface area contributed by atoms with E-state index in [1.54, 1.807) is 7.11 Å². The molecule has 0 amide bonds. The van der Waals surface area contributed by atoms with Crippen molar-refractivity contribution in [2.45, 2.75) is 26.2 Å². The minimum Gasteiger partial charge on any atom is -0.493 e. The summed E-state index contributed by atoms with van der Waals surface area (Å²) in [5, 5.41) is 0. The lowest BCUT2D eigenvalue weighted by Crippen LogP contribution is -1.97. The highest BCUT2D eigenvalue weighted by Gasteiger charge is 2.04. The smallest absolute Gasteiger partial charge is 0.161 e. The molecule has 0 radical (unpaired) electrons.